The lowest BCUT2D eigenvalue weighted by Gasteiger charge is -2.09. The molecule has 1 aromatic carbocycles. The smallest absolute Gasteiger partial charge is 0.328 e. The van der Waals surface area contributed by atoms with E-state index in [1.54, 1.807) is 17.8 Å². The minimum absolute atomic E-state index is 0.651. The van der Waals surface area contributed by atoms with Crippen LogP contribution in [-0.2, 0) is 4.79 Å². The first kappa shape index (κ1) is 14.6. The fraction of sp³-hybridized carbons (Fsp3) is 0.357. The number of carboxylic acids is 1. The van der Waals surface area contributed by atoms with Crippen LogP contribution in [0.5, 0.6) is 5.75 Å². The molecule has 1 rings (SSSR count). The molecule has 18 heavy (non-hydrogen) atoms. The SMILES string of the molecule is CSCCCOc1ccc(C)cc1/C=C/C(=O)O. The molecule has 0 saturated heterocycles. The van der Waals surface area contributed by atoms with Gasteiger partial charge < -0.3 is 9.84 Å². The summed E-state index contributed by atoms with van der Waals surface area (Å²) in [6.07, 6.45) is 5.74. The van der Waals surface area contributed by atoms with E-state index in [-0.39, 0.29) is 0 Å². The number of hydrogen-bond acceptors (Lipinski definition) is 3. The van der Waals surface area contributed by atoms with Crippen LogP contribution in [0.3, 0.4) is 0 Å². The largest absolute Gasteiger partial charge is 0.493 e. The minimum Gasteiger partial charge on any atom is -0.493 e. The van der Waals surface area contributed by atoms with Crippen LogP contribution in [0.25, 0.3) is 6.08 Å². The van der Waals surface area contributed by atoms with E-state index in [1.807, 2.05) is 25.1 Å². The number of carboxylic acid groups (broad SMARTS) is 1. The van der Waals surface area contributed by atoms with Gasteiger partial charge in [0, 0.05) is 11.6 Å². The molecule has 1 N–H and O–H groups in total. The fourth-order valence-electron chi connectivity index (χ4n) is 1.48. The quantitative estimate of drug-likeness (QED) is 0.608. The molecule has 0 heterocycles. The van der Waals surface area contributed by atoms with E-state index in [0.29, 0.717) is 6.61 Å². The minimum atomic E-state index is -0.954. The molecule has 3 nitrogen and oxygen atoms in total. The normalized spacial score (nSPS) is 10.8. The van der Waals surface area contributed by atoms with Crippen LogP contribution >= 0.6 is 11.8 Å². The van der Waals surface area contributed by atoms with Gasteiger partial charge >= 0.3 is 5.97 Å². The second-order valence-electron chi connectivity index (χ2n) is 3.91. The summed E-state index contributed by atoms with van der Waals surface area (Å²) in [5, 5.41) is 8.65. The van der Waals surface area contributed by atoms with Crippen LogP contribution in [0.15, 0.2) is 24.3 Å². The lowest BCUT2D eigenvalue weighted by molar-refractivity contribution is -0.131. The third kappa shape index (κ3) is 5.27. The van der Waals surface area contributed by atoms with Gasteiger partial charge in [-0.2, -0.15) is 11.8 Å². The Morgan fingerprint density at radius 2 is 2.28 bits per heavy atom. The molecule has 0 spiro atoms. The molecule has 0 atom stereocenters. The number of ether oxygens (including phenoxy) is 1. The molecule has 0 bridgehead atoms. The number of benzene rings is 1. The van der Waals surface area contributed by atoms with Crippen molar-refractivity contribution in [3.63, 3.8) is 0 Å². The van der Waals surface area contributed by atoms with Gasteiger partial charge in [-0.3, -0.25) is 0 Å². The standard InChI is InChI=1S/C14H18O3S/c1-11-4-6-13(17-8-3-9-18-2)12(10-11)5-7-14(15)16/h4-7,10H,3,8-9H2,1-2H3,(H,15,16)/b7-5+. The van der Waals surface area contributed by atoms with Gasteiger partial charge in [-0.25, -0.2) is 4.79 Å². The molecule has 0 radical (unpaired) electrons. The molecule has 0 saturated carbocycles. The van der Waals surface area contributed by atoms with Gasteiger partial charge in [0.05, 0.1) is 6.61 Å². The summed E-state index contributed by atoms with van der Waals surface area (Å²) in [6.45, 7) is 2.62. The number of thioether (sulfide) groups is 1. The first-order valence-corrected chi connectivity index (χ1v) is 7.16. The Morgan fingerprint density at radius 1 is 1.50 bits per heavy atom. The van der Waals surface area contributed by atoms with Crippen molar-refractivity contribution in [3.05, 3.63) is 35.4 Å². The number of aryl methyl sites for hydroxylation is 1. The first-order valence-electron chi connectivity index (χ1n) is 5.77. The van der Waals surface area contributed by atoms with Crippen LogP contribution in [0.1, 0.15) is 17.5 Å². The van der Waals surface area contributed by atoms with Crippen molar-refractivity contribution in [2.45, 2.75) is 13.3 Å². The third-order valence-electron chi connectivity index (χ3n) is 2.32. The van der Waals surface area contributed by atoms with E-state index in [9.17, 15) is 4.79 Å². The summed E-state index contributed by atoms with van der Waals surface area (Å²) >= 11 is 1.79. The molecule has 0 aliphatic carbocycles. The Hall–Kier alpha value is -1.42. The lowest BCUT2D eigenvalue weighted by atomic mass is 10.1. The van der Waals surface area contributed by atoms with Gasteiger partial charge in [-0.1, -0.05) is 11.6 Å². The van der Waals surface area contributed by atoms with Crippen molar-refractivity contribution in [1.29, 1.82) is 0 Å². The fourth-order valence-corrected chi connectivity index (χ4v) is 1.88. The van der Waals surface area contributed by atoms with Crippen molar-refractivity contribution in [1.82, 2.24) is 0 Å². The van der Waals surface area contributed by atoms with Crippen molar-refractivity contribution < 1.29 is 14.6 Å². The maximum absolute atomic E-state index is 10.5. The molecule has 0 amide bonds. The van der Waals surface area contributed by atoms with Gasteiger partial charge in [-0.15, -0.1) is 0 Å². The Bertz CT molecular complexity index is 427. The van der Waals surface area contributed by atoms with Crippen molar-refractivity contribution >= 4 is 23.8 Å². The summed E-state index contributed by atoms with van der Waals surface area (Å²) < 4.78 is 5.67. The van der Waals surface area contributed by atoms with E-state index < -0.39 is 5.97 Å². The second-order valence-corrected chi connectivity index (χ2v) is 4.89. The zero-order chi connectivity index (χ0) is 13.4. The maximum atomic E-state index is 10.5. The molecule has 0 aliphatic heterocycles. The van der Waals surface area contributed by atoms with Crippen LogP contribution in [0.2, 0.25) is 0 Å². The molecular weight excluding hydrogens is 248 g/mol. The van der Waals surface area contributed by atoms with Crippen molar-refractivity contribution in [3.8, 4) is 5.75 Å². The highest BCUT2D eigenvalue weighted by atomic mass is 32.2. The zero-order valence-electron chi connectivity index (χ0n) is 10.7. The van der Waals surface area contributed by atoms with Crippen LogP contribution in [0, 0.1) is 6.92 Å². The van der Waals surface area contributed by atoms with Gasteiger partial charge in [0.15, 0.2) is 0 Å². The Morgan fingerprint density at radius 3 is 2.94 bits per heavy atom. The molecule has 0 aromatic heterocycles. The topological polar surface area (TPSA) is 46.5 Å². The predicted molar refractivity (Wildman–Crippen MR) is 76.3 cm³/mol. The molecule has 0 aliphatic rings. The van der Waals surface area contributed by atoms with E-state index in [1.165, 1.54) is 0 Å². The highest BCUT2D eigenvalue weighted by Crippen LogP contribution is 2.21. The van der Waals surface area contributed by atoms with E-state index in [2.05, 4.69) is 6.26 Å². The van der Waals surface area contributed by atoms with Crippen LogP contribution in [0.4, 0.5) is 0 Å². The summed E-state index contributed by atoms with van der Waals surface area (Å²) in [5.41, 5.74) is 1.89. The Balaban J connectivity index is 2.73. The first-order chi connectivity index (χ1) is 8.63. The van der Waals surface area contributed by atoms with Gasteiger partial charge in [0.1, 0.15) is 5.75 Å². The average molecular weight is 266 g/mol. The maximum Gasteiger partial charge on any atom is 0.328 e. The van der Waals surface area contributed by atoms with Gasteiger partial charge in [-0.05, 0) is 43.6 Å². The number of aliphatic carboxylic acids is 1. The van der Waals surface area contributed by atoms with E-state index >= 15 is 0 Å². The molecule has 0 fully saturated rings. The number of carbonyl (C=O) groups is 1. The van der Waals surface area contributed by atoms with Gasteiger partial charge in [0.25, 0.3) is 0 Å². The third-order valence-corrected chi connectivity index (χ3v) is 3.02. The zero-order valence-corrected chi connectivity index (χ0v) is 11.5. The molecule has 1 aromatic rings. The van der Waals surface area contributed by atoms with Crippen molar-refractivity contribution in [2.24, 2.45) is 0 Å². The molecular formula is C14H18O3S. The molecule has 98 valence electrons. The van der Waals surface area contributed by atoms with Crippen LogP contribution < -0.4 is 4.74 Å². The highest BCUT2D eigenvalue weighted by molar-refractivity contribution is 7.98. The number of hydrogen-bond donors (Lipinski definition) is 1. The Kier molecular flexibility index (Phi) is 6.36. The summed E-state index contributed by atoms with van der Waals surface area (Å²) in [5.74, 6) is 0.843. The summed E-state index contributed by atoms with van der Waals surface area (Å²) in [4.78, 5) is 10.5. The molecule has 4 heteroatoms. The highest BCUT2D eigenvalue weighted by Gasteiger charge is 2.02. The predicted octanol–water partition coefficient (Wildman–Crippen LogP) is 3.22. The Labute approximate surface area is 112 Å². The van der Waals surface area contributed by atoms with E-state index in [4.69, 9.17) is 9.84 Å². The monoisotopic (exact) mass is 266 g/mol. The summed E-state index contributed by atoms with van der Waals surface area (Å²) in [7, 11) is 0. The van der Waals surface area contributed by atoms with Crippen LogP contribution in [-0.4, -0.2) is 29.7 Å². The molecule has 0 unspecified atom stereocenters. The van der Waals surface area contributed by atoms with Crippen molar-refractivity contribution in [2.75, 3.05) is 18.6 Å². The van der Waals surface area contributed by atoms with E-state index in [0.717, 1.165) is 35.1 Å². The number of rotatable bonds is 7. The lowest BCUT2D eigenvalue weighted by Crippen LogP contribution is -2.00. The average Bonchev–Trinajstić information content (AvgIpc) is 2.34. The second kappa shape index (κ2) is 7.82. The summed E-state index contributed by atoms with van der Waals surface area (Å²) in [6, 6.07) is 5.77. The van der Waals surface area contributed by atoms with Gasteiger partial charge in [0.2, 0.25) is 0 Å².